The van der Waals surface area contributed by atoms with Crippen molar-refractivity contribution in [3.05, 3.63) is 0 Å². The SMILES string of the molecule is CCCCCC1CCC(C(=O)N(CC)CC)CC1. The van der Waals surface area contributed by atoms with Crippen molar-refractivity contribution in [3.8, 4) is 0 Å². The van der Waals surface area contributed by atoms with Crippen LogP contribution in [0.15, 0.2) is 0 Å². The highest BCUT2D eigenvalue weighted by Gasteiger charge is 2.28. The van der Waals surface area contributed by atoms with Gasteiger partial charge in [-0.2, -0.15) is 0 Å². The smallest absolute Gasteiger partial charge is 0.225 e. The van der Waals surface area contributed by atoms with E-state index < -0.39 is 0 Å². The molecular formula is C16H31NO. The molecule has 1 aliphatic carbocycles. The molecule has 1 rings (SSSR count). The summed E-state index contributed by atoms with van der Waals surface area (Å²) in [4.78, 5) is 14.3. The zero-order valence-electron chi connectivity index (χ0n) is 12.6. The Morgan fingerprint density at radius 3 is 2.11 bits per heavy atom. The van der Waals surface area contributed by atoms with Gasteiger partial charge < -0.3 is 4.90 Å². The number of rotatable bonds is 7. The number of carbonyl (C=O) groups excluding carboxylic acids is 1. The van der Waals surface area contributed by atoms with Gasteiger partial charge in [0.05, 0.1) is 0 Å². The van der Waals surface area contributed by atoms with E-state index in [0.717, 1.165) is 31.8 Å². The molecule has 0 aromatic heterocycles. The Hall–Kier alpha value is -0.530. The summed E-state index contributed by atoms with van der Waals surface area (Å²) in [6.45, 7) is 8.16. The molecule has 18 heavy (non-hydrogen) atoms. The van der Waals surface area contributed by atoms with Crippen LogP contribution in [0.2, 0.25) is 0 Å². The van der Waals surface area contributed by atoms with Gasteiger partial charge in [-0.25, -0.2) is 0 Å². The summed E-state index contributed by atoms with van der Waals surface area (Å²) in [5.74, 6) is 1.64. The lowest BCUT2D eigenvalue weighted by atomic mass is 9.79. The van der Waals surface area contributed by atoms with Crippen LogP contribution in [0.1, 0.15) is 72.1 Å². The number of nitrogens with zero attached hydrogens (tertiary/aromatic N) is 1. The van der Waals surface area contributed by atoms with Crippen molar-refractivity contribution in [3.63, 3.8) is 0 Å². The van der Waals surface area contributed by atoms with E-state index in [-0.39, 0.29) is 0 Å². The Bertz CT molecular complexity index is 227. The van der Waals surface area contributed by atoms with Crippen molar-refractivity contribution < 1.29 is 4.79 Å². The van der Waals surface area contributed by atoms with E-state index in [0.29, 0.717) is 11.8 Å². The van der Waals surface area contributed by atoms with E-state index in [1.165, 1.54) is 38.5 Å². The molecule has 106 valence electrons. The molecule has 0 heterocycles. The van der Waals surface area contributed by atoms with Crippen LogP contribution in [0.4, 0.5) is 0 Å². The summed E-state index contributed by atoms with van der Waals surface area (Å²) >= 11 is 0. The maximum atomic E-state index is 12.3. The van der Waals surface area contributed by atoms with Crippen molar-refractivity contribution in [2.24, 2.45) is 11.8 Å². The van der Waals surface area contributed by atoms with Crippen LogP contribution in [0, 0.1) is 11.8 Å². The zero-order chi connectivity index (χ0) is 13.4. The van der Waals surface area contributed by atoms with Crippen LogP contribution in [0.5, 0.6) is 0 Å². The predicted molar refractivity (Wildman–Crippen MR) is 77.5 cm³/mol. The van der Waals surface area contributed by atoms with Gasteiger partial charge in [-0.1, -0.05) is 32.6 Å². The van der Waals surface area contributed by atoms with Crippen LogP contribution in [0.3, 0.4) is 0 Å². The van der Waals surface area contributed by atoms with Crippen molar-refractivity contribution in [2.45, 2.75) is 72.1 Å². The average Bonchev–Trinajstić information content (AvgIpc) is 2.41. The molecule has 0 aliphatic heterocycles. The Morgan fingerprint density at radius 2 is 1.61 bits per heavy atom. The van der Waals surface area contributed by atoms with Crippen molar-refractivity contribution in [2.75, 3.05) is 13.1 Å². The molecule has 0 N–H and O–H groups in total. The summed E-state index contributed by atoms with van der Waals surface area (Å²) in [6.07, 6.45) is 10.3. The Kier molecular flexibility index (Phi) is 7.38. The first-order valence-corrected chi connectivity index (χ1v) is 8.01. The summed E-state index contributed by atoms with van der Waals surface area (Å²) in [5.41, 5.74) is 0. The minimum Gasteiger partial charge on any atom is -0.343 e. The molecule has 0 bridgehead atoms. The lowest BCUT2D eigenvalue weighted by Gasteiger charge is -2.31. The molecule has 1 amide bonds. The summed E-state index contributed by atoms with van der Waals surface area (Å²) in [6, 6.07) is 0. The van der Waals surface area contributed by atoms with Crippen LogP contribution >= 0.6 is 0 Å². The maximum Gasteiger partial charge on any atom is 0.225 e. The standard InChI is InChI=1S/C16H31NO/c1-4-7-8-9-14-10-12-15(13-11-14)16(18)17(5-2)6-3/h14-15H,4-13H2,1-3H3. The minimum absolute atomic E-state index is 0.326. The van der Waals surface area contributed by atoms with Gasteiger partial charge in [-0.3, -0.25) is 4.79 Å². The Morgan fingerprint density at radius 1 is 1.00 bits per heavy atom. The topological polar surface area (TPSA) is 20.3 Å². The molecule has 1 aliphatic rings. The first-order valence-electron chi connectivity index (χ1n) is 8.01. The van der Waals surface area contributed by atoms with Crippen molar-refractivity contribution >= 4 is 5.91 Å². The van der Waals surface area contributed by atoms with E-state index in [1.54, 1.807) is 0 Å². The number of hydrogen-bond donors (Lipinski definition) is 0. The second-order valence-corrected chi connectivity index (χ2v) is 5.72. The van der Waals surface area contributed by atoms with Crippen LogP contribution in [0.25, 0.3) is 0 Å². The summed E-state index contributed by atoms with van der Waals surface area (Å²) < 4.78 is 0. The molecule has 1 fully saturated rings. The lowest BCUT2D eigenvalue weighted by molar-refractivity contribution is -0.136. The summed E-state index contributed by atoms with van der Waals surface area (Å²) in [7, 11) is 0. The average molecular weight is 253 g/mol. The largest absolute Gasteiger partial charge is 0.343 e. The van der Waals surface area contributed by atoms with Crippen LogP contribution < -0.4 is 0 Å². The van der Waals surface area contributed by atoms with Crippen LogP contribution in [-0.4, -0.2) is 23.9 Å². The maximum absolute atomic E-state index is 12.3. The molecule has 1 saturated carbocycles. The molecule has 0 atom stereocenters. The molecule has 0 saturated heterocycles. The molecule has 2 heteroatoms. The summed E-state index contributed by atoms with van der Waals surface area (Å²) in [5, 5.41) is 0. The van der Waals surface area contributed by atoms with Gasteiger partial charge in [0, 0.05) is 19.0 Å². The van der Waals surface area contributed by atoms with Gasteiger partial charge in [0.15, 0.2) is 0 Å². The van der Waals surface area contributed by atoms with Gasteiger partial charge in [-0.05, 0) is 45.4 Å². The molecule has 0 spiro atoms. The number of carbonyl (C=O) groups is 1. The Labute approximate surface area is 113 Å². The van der Waals surface area contributed by atoms with Gasteiger partial charge in [0.25, 0.3) is 0 Å². The molecule has 0 unspecified atom stereocenters. The van der Waals surface area contributed by atoms with Gasteiger partial charge in [0.1, 0.15) is 0 Å². The second-order valence-electron chi connectivity index (χ2n) is 5.72. The van der Waals surface area contributed by atoms with E-state index in [4.69, 9.17) is 0 Å². The lowest BCUT2D eigenvalue weighted by Crippen LogP contribution is -2.37. The fourth-order valence-corrected chi connectivity index (χ4v) is 3.17. The quantitative estimate of drug-likeness (QED) is 0.621. The van der Waals surface area contributed by atoms with Crippen molar-refractivity contribution in [1.82, 2.24) is 4.90 Å². The first kappa shape index (κ1) is 15.5. The highest BCUT2D eigenvalue weighted by molar-refractivity contribution is 5.78. The molecule has 0 aromatic carbocycles. The van der Waals surface area contributed by atoms with E-state index in [1.807, 2.05) is 4.90 Å². The highest BCUT2D eigenvalue weighted by atomic mass is 16.2. The highest BCUT2D eigenvalue weighted by Crippen LogP contribution is 2.32. The number of hydrogen-bond acceptors (Lipinski definition) is 1. The van der Waals surface area contributed by atoms with E-state index in [9.17, 15) is 4.79 Å². The molecule has 0 aromatic rings. The van der Waals surface area contributed by atoms with E-state index in [2.05, 4.69) is 20.8 Å². The normalized spacial score (nSPS) is 23.9. The third-order valence-corrected chi connectivity index (χ3v) is 4.49. The van der Waals surface area contributed by atoms with Crippen molar-refractivity contribution in [1.29, 1.82) is 0 Å². The fraction of sp³-hybridized carbons (Fsp3) is 0.938. The predicted octanol–water partition coefficient (Wildman–Crippen LogP) is 4.24. The molecular weight excluding hydrogens is 222 g/mol. The first-order chi connectivity index (χ1) is 8.72. The van der Waals surface area contributed by atoms with Gasteiger partial charge >= 0.3 is 0 Å². The fourth-order valence-electron chi connectivity index (χ4n) is 3.17. The zero-order valence-corrected chi connectivity index (χ0v) is 12.6. The number of unbranched alkanes of at least 4 members (excludes halogenated alkanes) is 2. The molecule has 0 radical (unpaired) electrons. The molecule has 2 nitrogen and oxygen atoms in total. The third-order valence-electron chi connectivity index (χ3n) is 4.49. The van der Waals surface area contributed by atoms with Gasteiger partial charge in [0.2, 0.25) is 5.91 Å². The minimum atomic E-state index is 0.326. The monoisotopic (exact) mass is 253 g/mol. The second kappa shape index (κ2) is 8.55. The third kappa shape index (κ3) is 4.62. The van der Waals surface area contributed by atoms with E-state index >= 15 is 0 Å². The van der Waals surface area contributed by atoms with Crippen LogP contribution in [-0.2, 0) is 4.79 Å². The Balaban J connectivity index is 2.28. The number of amides is 1. The van der Waals surface area contributed by atoms with Gasteiger partial charge in [-0.15, -0.1) is 0 Å².